The molecule has 7 heteroatoms. The van der Waals surface area contributed by atoms with Gasteiger partial charge in [0, 0.05) is 38.1 Å². The van der Waals surface area contributed by atoms with E-state index in [1.165, 1.54) is 42.2 Å². The highest BCUT2D eigenvalue weighted by Gasteiger charge is 2.42. The van der Waals surface area contributed by atoms with Crippen LogP contribution in [0.4, 0.5) is 0 Å². The fraction of sp³-hybridized carbons (Fsp3) is 0.571. The number of nitrogens with zero attached hydrogens (tertiary/aromatic N) is 3. The Hall–Kier alpha value is -0.280. The van der Waals surface area contributed by atoms with Gasteiger partial charge in [-0.2, -0.15) is 4.99 Å². The molecule has 3 heterocycles. The molecule has 1 saturated heterocycles. The minimum atomic E-state index is 0. The SMILES string of the molecule is IC1=NC(C2CC(N3CCNCC3)C2)=C2C=NC=C[NH+]12.[Cl-]. The lowest BCUT2D eigenvalue weighted by molar-refractivity contribution is -0.684. The highest BCUT2D eigenvalue weighted by atomic mass is 127. The van der Waals surface area contributed by atoms with E-state index in [0.717, 1.165) is 23.0 Å². The zero-order valence-corrected chi connectivity index (χ0v) is 14.6. The van der Waals surface area contributed by atoms with E-state index >= 15 is 0 Å². The van der Waals surface area contributed by atoms with Gasteiger partial charge in [0.2, 0.25) is 0 Å². The van der Waals surface area contributed by atoms with Crippen LogP contribution in [-0.2, 0) is 0 Å². The first-order valence-electron chi connectivity index (χ1n) is 7.33. The van der Waals surface area contributed by atoms with Gasteiger partial charge in [0.15, 0.2) is 5.70 Å². The molecule has 21 heavy (non-hydrogen) atoms. The molecule has 114 valence electrons. The maximum Gasteiger partial charge on any atom is 0.272 e. The minimum Gasteiger partial charge on any atom is -1.00 e. The van der Waals surface area contributed by atoms with Crippen LogP contribution < -0.4 is 22.6 Å². The number of fused-ring (bicyclic) bond motifs is 1. The molecule has 0 aromatic heterocycles. The maximum absolute atomic E-state index is 4.81. The summed E-state index contributed by atoms with van der Waals surface area (Å²) >= 11 is 2.34. The van der Waals surface area contributed by atoms with E-state index < -0.39 is 0 Å². The van der Waals surface area contributed by atoms with E-state index in [0.29, 0.717) is 5.92 Å². The predicted octanol–water partition coefficient (Wildman–Crippen LogP) is -2.87. The molecule has 1 unspecified atom stereocenters. The van der Waals surface area contributed by atoms with Crippen molar-refractivity contribution in [3.8, 4) is 0 Å². The van der Waals surface area contributed by atoms with Crippen LogP contribution in [0.25, 0.3) is 0 Å². The summed E-state index contributed by atoms with van der Waals surface area (Å²) < 4.78 is 1.13. The molecule has 1 saturated carbocycles. The Morgan fingerprint density at radius 3 is 2.81 bits per heavy atom. The van der Waals surface area contributed by atoms with E-state index in [4.69, 9.17) is 4.99 Å². The van der Waals surface area contributed by atoms with Crippen molar-refractivity contribution in [2.45, 2.75) is 18.9 Å². The predicted molar refractivity (Wildman–Crippen MR) is 88.0 cm³/mol. The van der Waals surface area contributed by atoms with Gasteiger partial charge < -0.3 is 17.7 Å². The zero-order chi connectivity index (χ0) is 13.5. The standard InChI is InChI=1S/C14H18IN5.ClH/c15-14-18-13(12-9-17-3-6-20(12)14)10-7-11(8-10)19-4-1-16-2-5-19;/h3,6,9-11,16H,1-2,4-5,7-8H2;1H. The summed E-state index contributed by atoms with van der Waals surface area (Å²) in [4.78, 5) is 13.0. The van der Waals surface area contributed by atoms with Gasteiger partial charge >= 0.3 is 0 Å². The van der Waals surface area contributed by atoms with Crippen molar-refractivity contribution < 1.29 is 17.3 Å². The zero-order valence-electron chi connectivity index (χ0n) is 11.7. The summed E-state index contributed by atoms with van der Waals surface area (Å²) in [6.45, 7) is 4.68. The van der Waals surface area contributed by atoms with Gasteiger partial charge in [-0.1, -0.05) is 0 Å². The Bertz CT molecular complexity index is 529. The summed E-state index contributed by atoms with van der Waals surface area (Å²) in [7, 11) is 0. The molecule has 0 spiro atoms. The lowest BCUT2D eigenvalue weighted by Crippen LogP contribution is -3.07. The molecule has 1 aliphatic carbocycles. The Morgan fingerprint density at radius 1 is 1.29 bits per heavy atom. The molecular formula is C14H19ClIN5. The minimum absolute atomic E-state index is 0. The first-order valence-corrected chi connectivity index (χ1v) is 8.41. The van der Waals surface area contributed by atoms with Gasteiger partial charge in [-0.3, -0.25) is 9.89 Å². The molecule has 4 aliphatic rings. The van der Waals surface area contributed by atoms with Gasteiger partial charge in [-0.15, -0.1) is 0 Å². The summed E-state index contributed by atoms with van der Waals surface area (Å²) in [5.74, 6) is 0.630. The molecular weight excluding hydrogens is 401 g/mol. The number of hydrogen-bond donors (Lipinski definition) is 2. The number of halogens is 2. The Balaban J connectivity index is 0.00000132. The van der Waals surface area contributed by atoms with Crippen molar-refractivity contribution in [3.63, 3.8) is 0 Å². The van der Waals surface area contributed by atoms with Gasteiger partial charge in [-0.05, 0) is 12.8 Å². The first kappa shape index (κ1) is 15.6. The second kappa shape index (κ2) is 6.45. The lowest BCUT2D eigenvalue weighted by Gasteiger charge is -2.44. The number of aliphatic imine (C=N–C) groups is 2. The van der Waals surface area contributed by atoms with Crippen molar-refractivity contribution in [2.24, 2.45) is 15.9 Å². The van der Waals surface area contributed by atoms with Crippen LogP contribution in [0.2, 0.25) is 0 Å². The third-order valence-corrected chi connectivity index (χ3v) is 5.53. The van der Waals surface area contributed by atoms with Crippen LogP contribution in [0.3, 0.4) is 0 Å². The molecule has 0 bridgehead atoms. The Kier molecular flexibility index (Phi) is 4.80. The molecule has 2 N–H and O–H groups in total. The smallest absolute Gasteiger partial charge is 0.272 e. The largest absolute Gasteiger partial charge is 1.00 e. The quantitative estimate of drug-likeness (QED) is 0.373. The van der Waals surface area contributed by atoms with Crippen molar-refractivity contribution in [2.75, 3.05) is 26.2 Å². The molecule has 3 aliphatic heterocycles. The van der Waals surface area contributed by atoms with Gasteiger partial charge in [0.1, 0.15) is 11.9 Å². The second-order valence-electron chi connectivity index (χ2n) is 5.82. The molecule has 0 amide bonds. The molecule has 5 nitrogen and oxygen atoms in total. The molecule has 0 radical (unpaired) electrons. The van der Waals surface area contributed by atoms with Crippen molar-refractivity contribution in [3.05, 3.63) is 23.8 Å². The van der Waals surface area contributed by atoms with Crippen molar-refractivity contribution >= 4 is 32.6 Å². The van der Waals surface area contributed by atoms with E-state index in [1.807, 2.05) is 12.4 Å². The summed E-state index contributed by atoms with van der Waals surface area (Å²) in [6.07, 6.45) is 8.45. The number of amidine groups is 1. The van der Waals surface area contributed by atoms with Crippen LogP contribution in [0.5, 0.6) is 0 Å². The number of hydrogen-bond acceptors (Lipinski definition) is 4. The first-order chi connectivity index (χ1) is 9.83. The number of allylic oxidation sites excluding steroid dienone is 2. The Morgan fingerprint density at radius 2 is 2.05 bits per heavy atom. The number of piperazine rings is 1. The average Bonchev–Trinajstić information content (AvgIpc) is 2.77. The summed E-state index contributed by atoms with van der Waals surface area (Å²) in [5.41, 5.74) is 2.55. The van der Waals surface area contributed by atoms with Gasteiger partial charge in [-0.25, -0.2) is 4.90 Å². The van der Waals surface area contributed by atoms with Crippen LogP contribution in [-0.4, -0.2) is 47.2 Å². The van der Waals surface area contributed by atoms with E-state index in [1.54, 1.807) is 0 Å². The van der Waals surface area contributed by atoms with Crippen molar-refractivity contribution in [1.29, 1.82) is 0 Å². The van der Waals surface area contributed by atoms with Gasteiger partial charge in [0.25, 0.3) is 3.84 Å². The number of quaternary nitrogens is 1. The van der Waals surface area contributed by atoms with Gasteiger partial charge in [0.05, 0.1) is 35.0 Å². The maximum atomic E-state index is 4.81. The average molecular weight is 420 g/mol. The van der Waals surface area contributed by atoms with E-state index in [9.17, 15) is 0 Å². The summed E-state index contributed by atoms with van der Waals surface area (Å²) in [6, 6.07) is 0.767. The third kappa shape index (κ3) is 2.84. The second-order valence-corrected chi connectivity index (χ2v) is 6.84. The van der Waals surface area contributed by atoms with Crippen LogP contribution >= 0.6 is 22.6 Å². The Labute approximate surface area is 144 Å². The number of nitrogens with one attached hydrogen (secondary N) is 2. The molecule has 0 aromatic rings. The van der Waals surface area contributed by atoms with Crippen LogP contribution in [0.15, 0.2) is 33.8 Å². The summed E-state index contributed by atoms with van der Waals surface area (Å²) in [5, 5.41) is 3.42. The molecule has 4 rings (SSSR count). The molecule has 0 aromatic carbocycles. The molecule has 2 fully saturated rings. The lowest BCUT2D eigenvalue weighted by atomic mass is 9.76. The highest BCUT2D eigenvalue weighted by Crippen LogP contribution is 2.39. The highest BCUT2D eigenvalue weighted by molar-refractivity contribution is 14.1. The normalized spacial score (nSPS) is 35.1. The molecule has 1 atom stereocenters. The van der Waals surface area contributed by atoms with E-state index in [-0.39, 0.29) is 12.4 Å². The van der Waals surface area contributed by atoms with E-state index in [2.05, 4.69) is 44.0 Å². The topological polar surface area (TPSA) is 44.4 Å². The van der Waals surface area contributed by atoms with Crippen molar-refractivity contribution in [1.82, 2.24) is 10.2 Å². The van der Waals surface area contributed by atoms with Crippen LogP contribution in [0, 0.1) is 5.92 Å². The fourth-order valence-electron chi connectivity index (χ4n) is 3.47. The van der Waals surface area contributed by atoms with Crippen LogP contribution in [0.1, 0.15) is 12.8 Å². The number of rotatable bonds is 2. The monoisotopic (exact) mass is 419 g/mol. The fourth-order valence-corrected chi connectivity index (χ4v) is 4.20. The third-order valence-electron chi connectivity index (χ3n) is 4.71.